The van der Waals surface area contributed by atoms with Crippen LogP contribution in [0.5, 0.6) is 0 Å². The van der Waals surface area contributed by atoms with Crippen LogP contribution in [0.4, 0.5) is 0 Å². The molecule has 0 aliphatic heterocycles. The standard InChI is InChI=1S/C18H26N2O2/c19-12-18(8-4-1-5-9-18)11-16(22)20-17-14-7-3-2-6-13(14)10-15(17)21/h2-3,6-7,15,17,21H,1,4-5,8-12,19H2,(H,20,22)/t15-,17+/m0/s1. The monoisotopic (exact) mass is 302 g/mol. The van der Waals surface area contributed by atoms with E-state index in [1.165, 1.54) is 19.3 Å². The fraction of sp³-hybridized carbons (Fsp3) is 0.611. The van der Waals surface area contributed by atoms with Gasteiger partial charge in [-0.3, -0.25) is 4.79 Å². The van der Waals surface area contributed by atoms with Crippen molar-refractivity contribution < 1.29 is 9.90 Å². The van der Waals surface area contributed by atoms with E-state index in [9.17, 15) is 9.90 Å². The maximum Gasteiger partial charge on any atom is 0.221 e. The SMILES string of the molecule is NCC1(CC(=O)N[C@@H]2c3ccccc3C[C@@H]2O)CCCCC1. The van der Waals surface area contributed by atoms with Crippen molar-refractivity contribution in [3.63, 3.8) is 0 Å². The molecule has 2 aliphatic rings. The second kappa shape index (κ2) is 6.39. The van der Waals surface area contributed by atoms with Gasteiger partial charge in [0.2, 0.25) is 5.91 Å². The van der Waals surface area contributed by atoms with Crippen LogP contribution in [0.2, 0.25) is 0 Å². The highest BCUT2D eigenvalue weighted by molar-refractivity contribution is 5.77. The highest BCUT2D eigenvalue weighted by atomic mass is 16.3. The largest absolute Gasteiger partial charge is 0.390 e. The molecule has 0 radical (unpaired) electrons. The summed E-state index contributed by atoms with van der Waals surface area (Å²) in [7, 11) is 0. The van der Waals surface area contributed by atoms with Gasteiger partial charge < -0.3 is 16.2 Å². The molecule has 4 heteroatoms. The minimum absolute atomic E-state index is 0.0214. The number of carbonyl (C=O) groups is 1. The van der Waals surface area contributed by atoms with Gasteiger partial charge in [-0.2, -0.15) is 0 Å². The van der Waals surface area contributed by atoms with Gasteiger partial charge in [0.05, 0.1) is 12.1 Å². The summed E-state index contributed by atoms with van der Waals surface area (Å²) in [5.41, 5.74) is 8.11. The third-order valence-electron chi connectivity index (χ3n) is 5.40. The zero-order chi connectivity index (χ0) is 15.6. The van der Waals surface area contributed by atoms with E-state index in [1.54, 1.807) is 0 Å². The lowest BCUT2D eigenvalue weighted by molar-refractivity contribution is -0.125. The molecule has 22 heavy (non-hydrogen) atoms. The Balaban J connectivity index is 1.67. The van der Waals surface area contributed by atoms with Gasteiger partial charge in [-0.25, -0.2) is 0 Å². The second-order valence-electron chi connectivity index (χ2n) is 6.96. The fourth-order valence-corrected chi connectivity index (χ4v) is 4.07. The lowest BCUT2D eigenvalue weighted by Crippen LogP contribution is -2.41. The van der Waals surface area contributed by atoms with Gasteiger partial charge in [-0.1, -0.05) is 43.5 Å². The van der Waals surface area contributed by atoms with Crippen molar-refractivity contribution in [1.82, 2.24) is 5.32 Å². The summed E-state index contributed by atoms with van der Waals surface area (Å²) in [4.78, 5) is 12.5. The van der Waals surface area contributed by atoms with Crippen LogP contribution < -0.4 is 11.1 Å². The molecule has 4 nitrogen and oxygen atoms in total. The molecule has 0 heterocycles. The van der Waals surface area contributed by atoms with Gasteiger partial charge in [-0.15, -0.1) is 0 Å². The Bertz CT molecular complexity index is 538. The van der Waals surface area contributed by atoms with Gasteiger partial charge in [0.25, 0.3) is 0 Å². The minimum atomic E-state index is -0.526. The number of amides is 1. The maximum absolute atomic E-state index is 12.5. The zero-order valence-corrected chi connectivity index (χ0v) is 13.1. The zero-order valence-electron chi connectivity index (χ0n) is 13.1. The minimum Gasteiger partial charge on any atom is -0.390 e. The first kappa shape index (κ1) is 15.5. The lowest BCUT2D eigenvalue weighted by atomic mass is 9.71. The first-order valence-corrected chi connectivity index (χ1v) is 8.39. The van der Waals surface area contributed by atoms with Gasteiger partial charge in [0.1, 0.15) is 0 Å². The maximum atomic E-state index is 12.5. The molecule has 1 amide bonds. The van der Waals surface area contributed by atoms with Crippen molar-refractivity contribution in [2.24, 2.45) is 11.1 Å². The first-order chi connectivity index (χ1) is 10.6. The Morgan fingerprint density at radius 3 is 2.73 bits per heavy atom. The highest BCUT2D eigenvalue weighted by Crippen LogP contribution is 2.39. The smallest absolute Gasteiger partial charge is 0.221 e. The molecule has 1 aromatic rings. The van der Waals surface area contributed by atoms with Crippen molar-refractivity contribution >= 4 is 5.91 Å². The molecule has 0 unspecified atom stereocenters. The number of rotatable bonds is 4. The molecule has 2 aliphatic carbocycles. The van der Waals surface area contributed by atoms with Gasteiger partial charge in [0.15, 0.2) is 0 Å². The lowest BCUT2D eigenvalue weighted by Gasteiger charge is -2.36. The van der Waals surface area contributed by atoms with Crippen molar-refractivity contribution in [2.75, 3.05) is 6.54 Å². The van der Waals surface area contributed by atoms with Crippen LogP contribution in [-0.4, -0.2) is 23.7 Å². The molecule has 0 aromatic heterocycles. The van der Waals surface area contributed by atoms with Crippen LogP contribution in [0.1, 0.15) is 55.7 Å². The van der Waals surface area contributed by atoms with E-state index in [0.717, 1.165) is 24.0 Å². The summed E-state index contributed by atoms with van der Waals surface area (Å²) in [5, 5.41) is 13.3. The predicted molar refractivity (Wildman–Crippen MR) is 86.2 cm³/mol. The number of fused-ring (bicyclic) bond motifs is 1. The number of hydrogen-bond acceptors (Lipinski definition) is 3. The number of aliphatic hydroxyl groups excluding tert-OH is 1. The quantitative estimate of drug-likeness (QED) is 0.797. The summed E-state index contributed by atoms with van der Waals surface area (Å²) in [5.74, 6) is 0.0214. The Morgan fingerprint density at radius 2 is 2.00 bits per heavy atom. The molecule has 4 N–H and O–H groups in total. The average molecular weight is 302 g/mol. The summed E-state index contributed by atoms with van der Waals surface area (Å²) in [6.07, 6.45) is 6.23. The molecule has 1 saturated carbocycles. The van der Waals surface area contributed by atoms with Crippen molar-refractivity contribution in [3.8, 4) is 0 Å². The Labute approximate surface area is 132 Å². The Kier molecular flexibility index (Phi) is 4.50. The van der Waals surface area contributed by atoms with E-state index in [0.29, 0.717) is 19.4 Å². The van der Waals surface area contributed by atoms with E-state index in [4.69, 9.17) is 5.73 Å². The number of aliphatic hydroxyl groups is 1. The average Bonchev–Trinajstić information content (AvgIpc) is 2.84. The summed E-state index contributed by atoms with van der Waals surface area (Å²) < 4.78 is 0. The third kappa shape index (κ3) is 3.03. The summed E-state index contributed by atoms with van der Waals surface area (Å²) >= 11 is 0. The van der Waals surface area contributed by atoms with E-state index >= 15 is 0 Å². The van der Waals surface area contributed by atoms with Crippen molar-refractivity contribution in [2.45, 2.75) is 57.1 Å². The molecular weight excluding hydrogens is 276 g/mol. The Morgan fingerprint density at radius 1 is 1.27 bits per heavy atom. The molecule has 2 atom stereocenters. The number of carbonyl (C=O) groups excluding carboxylic acids is 1. The van der Waals surface area contributed by atoms with Crippen LogP contribution in [0.3, 0.4) is 0 Å². The number of benzene rings is 1. The summed E-state index contributed by atoms with van der Waals surface area (Å²) in [6, 6.07) is 7.67. The molecule has 3 rings (SSSR count). The van der Waals surface area contributed by atoms with Crippen LogP contribution >= 0.6 is 0 Å². The molecule has 0 saturated heterocycles. The highest BCUT2D eigenvalue weighted by Gasteiger charge is 2.36. The fourth-order valence-electron chi connectivity index (χ4n) is 4.07. The Hall–Kier alpha value is -1.39. The first-order valence-electron chi connectivity index (χ1n) is 8.39. The van der Waals surface area contributed by atoms with Gasteiger partial charge in [0, 0.05) is 12.8 Å². The van der Waals surface area contributed by atoms with E-state index in [2.05, 4.69) is 5.32 Å². The van der Waals surface area contributed by atoms with Crippen molar-refractivity contribution in [3.05, 3.63) is 35.4 Å². The number of nitrogens with two attached hydrogens (primary N) is 1. The van der Waals surface area contributed by atoms with Crippen molar-refractivity contribution in [1.29, 1.82) is 0 Å². The van der Waals surface area contributed by atoms with Crippen LogP contribution in [-0.2, 0) is 11.2 Å². The molecule has 0 bridgehead atoms. The van der Waals surface area contributed by atoms with Gasteiger partial charge in [-0.05, 0) is 35.9 Å². The van der Waals surface area contributed by atoms with E-state index < -0.39 is 6.10 Å². The molecule has 1 aromatic carbocycles. The van der Waals surface area contributed by atoms with Crippen LogP contribution in [0, 0.1) is 5.41 Å². The molecule has 1 fully saturated rings. The van der Waals surface area contributed by atoms with Crippen LogP contribution in [0.15, 0.2) is 24.3 Å². The second-order valence-corrected chi connectivity index (χ2v) is 6.96. The van der Waals surface area contributed by atoms with Crippen LogP contribution in [0.25, 0.3) is 0 Å². The van der Waals surface area contributed by atoms with Gasteiger partial charge >= 0.3 is 0 Å². The van der Waals surface area contributed by atoms with E-state index in [-0.39, 0.29) is 17.4 Å². The topological polar surface area (TPSA) is 75.4 Å². The van der Waals surface area contributed by atoms with E-state index in [1.807, 2.05) is 24.3 Å². The molecule has 0 spiro atoms. The normalized spacial score (nSPS) is 26.5. The number of hydrogen-bond donors (Lipinski definition) is 3. The molecule has 120 valence electrons. The molecular formula is C18H26N2O2. The number of nitrogens with one attached hydrogen (secondary N) is 1. The predicted octanol–water partition coefficient (Wildman–Crippen LogP) is 2.06. The summed E-state index contributed by atoms with van der Waals surface area (Å²) in [6.45, 7) is 0.574. The third-order valence-corrected chi connectivity index (χ3v) is 5.40.